The Morgan fingerprint density at radius 3 is 2.88 bits per heavy atom. The molecule has 0 atom stereocenters. The molecule has 0 aliphatic carbocycles. The maximum absolute atomic E-state index is 6.24. The van der Waals surface area contributed by atoms with Crippen LogP contribution in [0.2, 0.25) is 5.02 Å². The van der Waals surface area contributed by atoms with E-state index in [1.54, 1.807) is 16.9 Å². The van der Waals surface area contributed by atoms with Gasteiger partial charge >= 0.3 is 0 Å². The quantitative estimate of drug-likeness (QED) is 0.497. The van der Waals surface area contributed by atoms with Crippen LogP contribution in [0.15, 0.2) is 39.5 Å². The second kappa shape index (κ2) is 7.51. The normalized spacial score (nSPS) is 11.4. The highest BCUT2D eigenvalue weighted by molar-refractivity contribution is 7.80. The van der Waals surface area contributed by atoms with E-state index < -0.39 is 0 Å². The van der Waals surface area contributed by atoms with Gasteiger partial charge in [0.1, 0.15) is 5.69 Å². The Labute approximate surface area is 159 Å². The topological polar surface area (TPSA) is 71.6 Å². The summed E-state index contributed by atoms with van der Waals surface area (Å²) in [5.74, 6) is 0. The fourth-order valence-corrected chi connectivity index (χ4v) is 3.08. The molecule has 0 spiro atoms. The zero-order chi connectivity index (χ0) is 18.0. The number of benzene rings is 1. The molecule has 0 unspecified atom stereocenters. The third-order valence-corrected chi connectivity index (χ3v) is 5.02. The van der Waals surface area contributed by atoms with Crippen LogP contribution in [0, 0.1) is 6.92 Å². The van der Waals surface area contributed by atoms with Crippen molar-refractivity contribution in [3.05, 3.63) is 35.1 Å². The Balaban J connectivity index is 1.85. The molecule has 3 aromatic rings. The SMILES string of the molecule is CCN(C)c1nnc(N=Nc2cn(-c3cc(S)ccc3Cl)nc2C)s1. The molecular weight excluding hydrogens is 378 g/mol. The van der Waals surface area contributed by atoms with Crippen LogP contribution in [0.5, 0.6) is 0 Å². The summed E-state index contributed by atoms with van der Waals surface area (Å²) < 4.78 is 1.67. The summed E-state index contributed by atoms with van der Waals surface area (Å²) in [5.41, 5.74) is 2.11. The van der Waals surface area contributed by atoms with Gasteiger partial charge in [-0.3, -0.25) is 0 Å². The smallest absolute Gasteiger partial charge is 0.253 e. The molecule has 2 aromatic heterocycles. The van der Waals surface area contributed by atoms with Crippen LogP contribution in [0.4, 0.5) is 16.0 Å². The molecule has 0 amide bonds. The Kier molecular flexibility index (Phi) is 5.36. The minimum absolute atomic E-state index is 0.498. The molecule has 0 saturated heterocycles. The molecule has 0 aliphatic heterocycles. The van der Waals surface area contributed by atoms with Gasteiger partial charge in [0.15, 0.2) is 0 Å². The van der Waals surface area contributed by atoms with Gasteiger partial charge in [0.25, 0.3) is 5.13 Å². The molecule has 0 aliphatic rings. The van der Waals surface area contributed by atoms with E-state index in [4.69, 9.17) is 11.6 Å². The number of nitrogens with zero attached hydrogens (tertiary/aromatic N) is 7. The number of hydrogen-bond acceptors (Lipinski definition) is 8. The van der Waals surface area contributed by atoms with Gasteiger partial charge in [-0.25, -0.2) is 4.68 Å². The molecule has 0 N–H and O–H groups in total. The Hall–Kier alpha value is -1.97. The van der Waals surface area contributed by atoms with Gasteiger partial charge in [-0.15, -0.1) is 33.1 Å². The fourth-order valence-electron chi connectivity index (χ4n) is 1.98. The van der Waals surface area contributed by atoms with Crippen molar-refractivity contribution in [1.29, 1.82) is 0 Å². The number of hydrogen-bond donors (Lipinski definition) is 1. The van der Waals surface area contributed by atoms with Crippen molar-refractivity contribution in [2.45, 2.75) is 18.7 Å². The number of anilines is 1. The first kappa shape index (κ1) is 17.8. The molecule has 10 heteroatoms. The molecule has 2 heterocycles. The van der Waals surface area contributed by atoms with Gasteiger partial charge in [0.05, 0.1) is 22.6 Å². The minimum atomic E-state index is 0.498. The van der Waals surface area contributed by atoms with Crippen LogP contribution < -0.4 is 4.90 Å². The van der Waals surface area contributed by atoms with Crippen LogP contribution in [0.1, 0.15) is 12.6 Å². The number of halogens is 1. The van der Waals surface area contributed by atoms with Crippen molar-refractivity contribution < 1.29 is 0 Å². The van der Waals surface area contributed by atoms with Crippen LogP contribution in [-0.2, 0) is 0 Å². The first-order valence-corrected chi connectivity index (χ1v) is 9.13. The van der Waals surface area contributed by atoms with Crippen molar-refractivity contribution >= 4 is 51.5 Å². The lowest BCUT2D eigenvalue weighted by Crippen LogP contribution is -2.15. The van der Waals surface area contributed by atoms with Crippen molar-refractivity contribution in [2.75, 3.05) is 18.5 Å². The van der Waals surface area contributed by atoms with Gasteiger partial charge in [-0.05, 0) is 32.0 Å². The van der Waals surface area contributed by atoms with Crippen molar-refractivity contribution in [2.24, 2.45) is 10.2 Å². The standard InChI is InChI=1S/C15H16ClN7S2/c1-4-22(3)15-20-19-14(25-15)18-17-12-8-23(21-9(12)2)13-7-10(24)5-6-11(13)16/h5-8,24H,4H2,1-3H3. The van der Waals surface area contributed by atoms with Crippen LogP contribution in [-0.4, -0.2) is 33.6 Å². The fraction of sp³-hybridized carbons (Fsp3) is 0.267. The van der Waals surface area contributed by atoms with Crippen molar-refractivity contribution in [3.8, 4) is 5.69 Å². The summed E-state index contributed by atoms with van der Waals surface area (Å²) in [6.45, 7) is 4.76. The summed E-state index contributed by atoms with van der Waals surface area (Å²) in [7, 11) is 1.95. The number of thiol groups is 1. The van der Waals surface area contributed by atoms with E-state index in [-0.39, 0.29) is 0 Å². The zero-order valence-electron chi connectivity index (χ0n) is 13.9. The van der Waals surface area contributed by atoms with Crippen molar-refractivity contribution in [3.63, 3.8) is 0 Å². The highest BCUT2D eigenvalue weighted by Crippen LogP contribution is 2.29. The minimum Gasteiger partial charge on any atom is -0.350 e. The summed E-state index contributed by atoms with van der Waals surface area (Å²) in [6.07, 6.45) is 1.77. The van der Waals surface area contributed by atoms with Gasteiger partial charge in [0, 0.05) is 18.5 Å². The first-order chi connectivity index (χ1) is 12.0. The predicted molar refractivity (Wildman–Crippen MR) is 104 cm³/mol. The number of rotatable bonds is 5. The van der Waals surface area contributed by atoms with E-state index in [0.29, 0.717) is 15.8 Å². The molecule has 130 valence electrons. The van der Waals surface area contributed by atoms with Gasteiger partial charge in [-0.2, -0.15) is 5.10 Å². The first-order valence-electron chi connectivity index (χ1n) is 7.49. The lowest BCUT2D eigenvalue weighted by molar-refractivity contribution is 0.860. The summed E-state index contributed by atoms with van der Waals surface area (Å²) in [5, 5.41) is 22.9. The predicted octanol–water partition coefficient (Wildman–Crippen LogP) is 4.85. The molecule has 7 nitrogen and oxygen atoms in total. The van der Waals surface area contributed by atoms with Gasteiger partial charge in [-0.1, -0.05) is 22.9 Å². The van der Waals surface area contributed by atoms with Gasteiger partial charge < -0.3 is 4.90 Å². The van der Waals surface area contributed by atoms with Crippen LogP contribution in [0.25, 0.3) is 5.69 Å². The Morgan fingerprint density at radius 2 is 2.12 bits per heavy atom. The lowest BCUT2D eigenvalue weighted by Gasteiger charge is -2.09. The third-order valence-electron chi connectivity index (χ3n) is 3.50. The molecule has 3 rings (SSSR count). The number of aromatic nitrogens is 4. The summed E-state index contributed by atoms with van der Waals surface area (Å²) in [6, 6.07) is 5.45. The summed E-state index contributed by atoms with van der Waals surface area (Å²) in [4.78, 5) is 2.80. The maximum Gasteiger partial charge on any atom is 0.253 e. The summed E-state index contributed by atoms with van der Waals surface area (Å²) >= 11 is 12.0. The van der Waals surface area contributed by atoms with Gasteiger partial charge in [0.2, 0.25) is 5.13 Å². The average Bonchev–Trinajstić information content (AvgIpc) is 3.21. The highest BCUT2D eigenvalue weighted by atomic mass is 35.5. The highest BCUT2D eigenvalue weighted by Gasteiger charge is 2.10. The number of azo groups is 1. The molecule has 0 saturated carbocycles. The molecule has 0 bridgehead atoms. The van der Waals surface area contributed by atoms with Crippen LogP contribution in [0.3, 0.4) is 0 Å². The Bertz CT molecular complexity index is 918. The van der Waals surface area contributed by atoms with Crippen LogP contribution >= 0.6 is 35.6 Å². The monoisotopic (exact) mass is 393 g/mol. The molecule has 1 aromatic carbocycles. The third kappa shape index (κ3) is 4.00. The zero-order valence-corrected chi connectivity index (χ0v) is 16.3. The van der Waals surface area contributed by atoms with Crippen molar-refractivity contribution in [1.82, 2.24) is 20.0 Å². The molecule has 25 heavy (non-hydrogen) atoms. The van der Waals surface area contributed by atoms with E-state index in [1.165, 1.54) is 11.3 Å². The number of aryl methyl sites for hydroxylation is 1. The largest absolute Gasteiger partial charge is 0.350 e. The van der Waals surface area contributed by atoms with E-state index in [1.807, 2.05) is 37.9 Å². The second-order valence-corrected chi connectivity index (χ2v) is 7.12. The van der Waals surface area contributed by atoms with E-state index in [9.17, 15) is 0 Å². The second-order valence-electron chi connectivity index (χ2n) is 5.26. The van der Waals surface area contributed by atoms with E-state index in [2.05, 4.69) is 38.2 Å². The maximum atomic E-state index is 6.24. The van der Waals surface area contributed by atoms with E-state index in [0.717, 1.165) is 28.0 Å². The lowest BCUT2D eigenvalue weighted by atomic mass is 10.3. The Morgan fingerprint density at radius 1 is 1.32 bits per heavy atom. The van der Waals surface area contributed by atoms with E-state index >= 15 is 0 Å². The molecular formula is C15H16ClN7S2. The molecule has 0 radical (unpaired) electrons. The molecule has 0 fully saturated rings. The average molecular weight is 394 g/mol.